The van der Waals surface area contributed by atoms with Crippen molar-refractivity contribution < 1.29 is 14.6 Å². The fraction of sp³-hybridized carbons (Fsp3) is 0.952. The van der Waals surface area contributed by atoms with Crippen LogP contribution < -0.4 is 5.73 Å². The molecule has 0 amide bonds. The van der Waals surface area contributed by atoms with E-state index in [0.29, 0.717) is 0 Å². The number of hydrogen-bond donors (Lipinski definition) is 2. The molecule has 0 spiro atoms. The third-order valence-corrected chi connectivity index (χ3v) is 4.76. The molecule has 0 unspecified atom stereocenters. The van der Waals surface area contributed by atoms with E-state index in [2.05, 4.69) is 25.5 Å². The highest BCUT2D eigenvalue weighted by Crippen LogP contribution is 2.26. The zero-order valence-corrected chi connectivity index (χ0v) is 17.4. The Bertz CT molecular complexity index is 251. The summed E-state index contributed by atoms with van der Waals surface area (Å²) in [7, 11) is 1.10. The van der Waals surface area contributed by atoms with Crippen molar-refractivity contribution in [2.24, 2.45) is 5.73 Å². The summed E-state index contributed by atoms with van der Waals surface area (Å²) < 4.78 is 3.67. The van der Waals surface area contributed by atoms with E-state index in [1.807, 2.05) is 0 Å². The van der Waals surface area contributed by atoms with Crippen molar-refractivity contribution in [2.75, 3.05) is 7.11 Å². The summed E-state index contributed by atoms with van der Waals surface area (Å²) in [6.45, 7) is 6.85. The molecule has 0 saturated heterocycles. The predicted molar refractivity (Wildman–Crippen MR) is 108 cm³/mol. The molecule has 0 saturated carbocycles. The Morgan fingerprint density at radius 3 is 1.24 bits per heavy atom. The van der Waals surface area contributed by atoms with Gasteiger partial charge in [0, 0.05) is 5.54 Å². The summed E-state index contributed by atoms with van der Waals surface area (Å²) in [5.74, 6) is 0. The predicted octanol–water partition coefficient (Wildman–Crippen LogP) is 6.91. The molecule has 25 heavy (non-hydrogen) atoms. The largest absolute Gasteiger partial charge is 0.505 e. The van der Waals surface area contributed by atoms with Gasteiger partial charge < -0.3 is 15.6 Å². The van der Waals surface area contributed by atoms with Crippen LogP contribution in [-0.4, -0.2) is 23.9 Å². The number of rotatable bonds is 15. The van der Waals surface area contributed by atoms with Crippen molar-refractivity contribution in [1.82, 2.24) is 0 Å². The van der Waals surface area contributed by atoms with Gasteiger partial charge in [0.2, 0.25) is 0 Å². The van der Waals surface area contributed by atoms with Gasteiger partial charge in [0.1, 0.15) is 0 Å². The van der Waals surface area contributed by atoms with Crippen LogP contribution in [0.15, 0.2) is 0 Å². The van der Waals surface area contributed by atoms with E-state index in [9.17, 15) is 0 Å². The molecule has 0 radical (unpaired) electrons. The van der Waals surface area contributed by atoms with Crippen molar-refractivity contribution in [3.8, 4) is 0 Å². The van der Waals surface area contributed by atoms with Gasteiger partial charge in [-0.05, 0) is 19.3 Å². The van der Waals surface area contributed by atoms with Crippen LogP contribution in [0, 0.1) is 0 Å². The Kier molecular flexibility index (Phi) is 20.7. The smallest absolute Gasteiger partial charge is 0.450 e. The maximum atomic E-state index is 9.15. The number of carbonyl (C=O) groups is 1. The summed E-state index contributed by atoms with van der Waals surface area (Å²) in [6.07, 6.45) is 18.8. The van der Waals surface area contributed by atoms with Crippen LogP contribution in [0.3, 0.4) is 0 Å². The highest BCUT2D eigenvalue weighted by molar-refractivity contribution is 5.56. The molecule has 0 fully saturated rings. The molecule has 4 nitrogen and oxygen atoms in total. The summed E-state index contributed by atoms with van der Waals surface area (Å²) in [6, 6.07) is 0. The first-order valence-electron chi connectivity index (χ1n) is 10.5. The summed E-state index contributed by atoms with van der Waals surface area (Å²) in [5, 5.41) is 7.50. The minimum absolute atomic E-state index is 0.148. The van der Waals surface area contributed by atoms with E-state index in [-0.39, 0.29) is 5.54 Å². The lowest BCUT2D eigenvalue weighted by atomic mass is 9.83. The van der Waals surface area contributed by atoms with Crippen LogP contribution in [0.2, 0.25) is 0 Å². The Balaban J connectivity index is 0. The molecule has 0 aliphatic heterocycles. The average molecular weight is 360 g/mol. The van der Waals surface area contributed by atoms with Gasteiger partial charge in [-0.15, -0.1) is 0 Å². The van der Waals surface area contributed by atoms with Gasteiger partial charge >= 0.3 is 6.16 Å². The zero-order chi connectivity index (χ0) is 19.4. The molecular weight excluding hydrogens is 314 g/mol. The molecule has 4 heteroatoms. The number of carboxylic acid groups (broad SMARTS) is 1. The highest BCUT2D eigenvalue weighted by Gasteiger charge is 2.23. The van der Waals surface area contributed by atoms with Crippen molar-refractivity contribution >= 4 is 6.16 Å². The van der Waals surface area contributed by atoms with Gasteiger partial charge in [-0.3, -0.25) is 0 Å². The Labute approximate surface area is 156 Å². The van der Waals surface area contributed by atoms with Crippen molar-refractivity contribution in [2.45, 2.75) is 123 Å². The molecule has 152 valence electrons. The minimum Gasteiger partial charge on any atom is -0.450 e. The zero-order valence-electron chi connectivity index (χ0n) is 17.4. The van der Waals surface area contributed by atoms with Crippen molar-refractivity contribution in [3.05, 3.63) is 0 Å². The molecular formula is C21H45NO3. The van der Waals surface area contributed by atoms with E-state index in [1.165, 1.54) is 96.3 Å². The first-order valence-corrected chi connectivity index (χ1v) is 10.5. The molecule has 0 aliphatic rings. The number of hydrogen-bond acceptors (Lipinski definition) is 3. The van der Waals surface area contributed by atoms with Crippen LogP contribution in [-0.2, 0) is 4.74 Å². The van der Waals surface area contributed by atoms with Gasteiger partial charge in [0.15, 0.2) is 0 Å². The monoisotopic (exact) mass is 359 g/mol. The topological polar surface area (TPSA) is 72.5 Å². The number of nitrogens with two attached hydrogens (primary N) is 1. The normalized spacial score (nSPS) is 10.9. The number of methoxy groups -OCH3 is 1. The second kappa shape index (κ2) is 19.6. The minimum atomic E-state index is -1.25. The van der Waals surface area contributed by atoms with Gasteiger partial charge in [-0.1, -0.05) is 97.8 Å². The second-order valence-electron chi connectivity index (χ2n) is 7.26. The third kappa shape index (κ3) is 21.2. The van der Waals surface area contributed by atoms with Gasteiger partial charge in [-0.25, -0.2) is 4.79 Å². The molecule has 3 N–H and O–H groups in total. The van der Waals surface area contributed by atoms with E-state index < -0.39 is 6.16 Å². The first kappa shape index (κ1) is 26.5. The lowest BCUT2D eigenvalue weighted by Crippen LogP contribution is -2.39. The average Bonchev–Trinajstić information content (AvgIpc) is 2.60. The number of ether oxygens (including phenoxy) is 1. The lowest BCUT2D eigenvalue weighted by Gasteiger charge is -2.30. The first-order chi connectivity index (χ1) is 12.0. The van der Waals surface area contributed by atoms with E-state index in [0.717, 1.165) is 7.11 Å². The van der Waals surface area contributed by atoms with Crippen molar-refractivity contribution in [1.29, 1.82) is 0 Å². The standard InChI is InChI=1S/C19H41N.C2H4O3/c1-4-7-10-13-16-19(20,17-14-11-8-5-2)18-15-12-9-6-3;1-5-2(3)4/h4-18,20H2,1-3H3;1H3,(H,3,4). The van der Waals surface area contributed by atoms with Crippen LogP contribution in [0.1, 0.15) is 117 Å². The summed E-state index contributed by atoms with van der Waals surface area (Å²) in [4.78, 5) is 9.15. The van der Waals surface area contributed by atoms with Crippen LogP contribution >= 0.6 is 0 Å². The Morgan fingerprint density at radius 2 is 1.04 bits per heavy atom. The molecule has 0 rings (SSSR count). The molecule has 0 heterocycles. The Morgan fingerprint density at radius 1 is 0.760 bits per heavy atom. The molecule has 0 aromatic rings. The van der Waals surface area contributed by atoms with Gasteiger partial charge in [-0.2, -0.15) is 0 Å². The fourth-order valence-corrected chi connectivity index (χ4v) is 3.09. The quantitative estimate of drug-likeness (QED) is 0.246. The van der Waals surface area contributed by atoms with Gasteiger partial charge in [0.05, 0.1) is 7.11 Å². The molecule has 0 aromatic carbocycles. The van der Waals surface area contributed by atoms with Crippen LogP contribution in [0.5, 0.6) is 0 Å². The third-order valence-electron chi connectivity index (χ3n) is 4.76. The molecule has 0 bridgehead atoms. The number of unbranched alkanes of at least 4 members (excludes halogenated alkanes) is 9. The maximum Gasteiger partial charge on any atom is 0.505 e. The maximum absolute atomic E-state index is 9.15. The highest BCUT2D eigenvalue weighted by atomic mass is 16.6. The molecule has 0 aliphatic carbocycles. The molecule has 0 atom stereocenters. The van der Waals surface area contributed by atoms with Crippen LogP contribution in [0.4, 0.5) is 4.79 Å². The summed E-state index contributed by atoms with van der Waals surface area (Å²) in [5.41, 5.74) is 6.89. The van der Waals surface area contributed by atoms with Crippen LogP contribution in [0.25, 0.3) is 0 Å². The van der Waals surface area contributed by atoms with E-state index >= 15 is 0 Å². The fourth-order valence-electron chi connectivity index (χ4n) is 3.09. The van der Waals surface area contributed by atoms with Gasteiger partial charge in [0.25, 0.3) is 0 Å². The van der Waals surface area contributed by atoms with E-state index in [4.69, 9.17) is 15.6 Å². The lowest BCUT2D eigenvalue weighted by molar-refractivity contribution is 0.114. The van der Waals surface area contributed by atoms with Crippen molar-refractivity contribution in [3.63, 3.8) is 0 Å². The Hall–Kier alpha value is -0.770. The molecule has 0 aromatic heterocycles. The summed E-state index contributed by atoms with van der Waals surface area (Å²) >= 11 is 0. The van der Waals surface area contributed by atoms with E-state index in [1.54, 1.807) is 0 Å². The second-order valence-corrected chi connectivity index (χ2v) is 7.26. The SMILES string of the molecule is CCCCCCC(N)(CCCCCC)CCCCCC.COC(=O)O.